The van der Waals surface area contributed by atoms with Crippen molar-refractivity contribution in [3.8, 4) is 11.3 Å². The van der Waals surface area contributed by atoms with Gasteiger partial charge in [-0.3, -0.25) is 0 Å². The third-order valence-electron chi connectivity index (χ3n) is 2.78. The molecule has 1 aromatic carbocycles. The van der Waals surface area contributed by atoms with E-state index in [2.05, 4.69) is 29.1 Å². The number of rotatable bonds is 5. The lowest BCUT2D eigenvalue weighted by Gasteiger charge is -2.05. The summed E-state index contributed by atoms with van der Waals surface area (Å²) >= 11 is 0. The minimum atomic E-state index is -0.852. The van der Waals surface area contributed by atoms with Crippen LogP contribution in [0.4, 0.5) is 8.78 Å². The van der Waals surface area contributed by atoms with Gasteiger partial charge >= 0.3 is 0 Å². The number of hydrogen-bond donors (Lipinski definition) is 2. The second-order valence-electron chi connectivity index (χ2n) is 4.70. The van der Waals surface area contributed by atoms with E-state index in [4.69, 9.17) is 0 Å². The van der Waals surface area contributed by atoms with Crippen LogP contribution in [-0.2, 0) is 6.42 Å². The largest absolute Gasteiger partial charge is 0.342 e. The Kier molecular flexibility index (Phi) is 4.27. The monoisotopic (exact) mass is 265 g/mol. The van der Waals surface area contributed by atoms with Gasteiger partial charge in [-0.25, -0.2) is 13.8 Å². The maximum atomic E-state index is 13.6. The predicted octanol–water partition coefficient (Wildman–Crippen LogP) is 2.90. The summed E-state index contributed by atoms with van der Waals surface area (Å²) in [6.45, 7) is 4.92. The summed E-state index contributed by atoms with van der Waals surface area (Å²) in [6.07, 6.45) is 2.25. The Morgan fingerprint density at radius 1 is 1.32 bits per heavy atom. The van der Waals surface area contributed by atoms with Crippen molar-refractivity contribution in [1.82, 2.24) is 15.3 Å². The first-order chi connectivity index (χ1) is 9.08. The average Bonchev–Trinajstić information content (AvgIpc) is 2.81. The second kappa shape index (κ2) is 5.93. The summed E-state index contributed by atoms with van der Waals surface area (Å²) in [5.41, 5.74) is 0.701. The van der Waals surface area contributed by atoms with Crippen LogP contribution in [-0.4, -0.2) is 22.6 Å². The van der Waals surface area contributed by atoms with Crippen molar-refractivity contribution in [1.29, 1.82) is 0 Å². The molecule has 1 heterocycles. The van der Waals surface area contributed by atoms with E-state index in [-0.39, 0.29) is 5.56 Å². The minimum Gasteiger partial charge on any atom is -0.342 e. The van der Waals surface area contributed by atoms with Crippen LogP contribution in [0.25, 0.3) is 11.3 Å². The summed E-state index contributed by atoms with van der Waals surface area (Å²) in [5, 5.41) is 3.27. The van der Waals surface area contributed by atoms with Crippen molar-refractivity contribution in [2.24, 2.45) is 0 Å². The van der Waals surface area contributed by atoms with Crippen molar-refractivity contribution < 1.29 is 8.78 Å². The number of imidazole rings is 1. The van der Waals surface area contributed by atoms with E-state index in [1.807, 2.05) is 0 Å². The summed E-state index contributed by atoms with van der Waals surface area (Å²) in [7, 11) is 0. The predicted molar refractivity (Wildman–Crippen MR) is 70.8 cm³/mol. The van der Waals surface area contributed by atoms with Gasteiger partial charge in [-0.15, -0.1) is 0 Å². The Morgan fingerprint density at radius 2 is 2.11 bits per heavy atom. The first-order valence-electron chi connectivity index (χ1n) is 6.29. The molecule has 2 N–H and O–H groups in total. The molecule has 0 saturated heterocycles. The molecular formula is C14H17F2N3. The fourth-order valence-corrected chi connectivity index (χ4v) is 1.82. The van der Waals surface area contributed by atoms with Crippen molar-refractivity contribution in [3.63, 3.8) is 0 Å². The Balaban J connectivity index is 2.10. The highest BCUT2D eigenvalue weighted by Crippen LogP contribution is 2.22. The zero-order valence-electron chi connectivity index (χ0n) is 11.0. The van der Waals surface area contributed by atoms with E-state index in [1.54, 1.807) is 0 Å². The number of hydrogen-bond acceptors (Lipinski definition) is 2. The van der Waals surface area contributed by atoms with E-state index >= 15 is 0 Å². The van der Waals surface area contributed by atoms with Gasteiger partial charge in [0.2, 0.25) is 0 Å². The van der Waals surface area contributed by atoms with Crippen LogP contribution in [0.5, 0.6) is 0 Å². The summed E-state index contributed by atoms with van der Waals surface area (Å²) in [4.78, 5) is 7.19. The molecule has 0 amide bonds. The van der Waals surface area contributed by atoms with E-state index in [0.29, 0.717) is 11.7 Å². The fourth-order valence-electron chi connectivity index (χ4n) is 1.82. The van der Waals surface area contributed by atoms with E-state index < -0.39 is 11.6 Å². The van der Waals surface area contributed by atoms with Crippen LogP contribution in [0.2, 0.25) is 0 Å². The van der Waals surface area contributed by atoms with Crippen molar-refractivity contribution in [3.05, 3.63) is 41.9 Å². The van der Waals surface area contributed by atoms with Gasteiger partial charge in [-0.2, -0.15) is 0 Å². The third-order valence-corrected chi connectivity index (χ3v) is 2.78. The molecule has 19 heavy (non-hydrogen) atoms. The molecule has 0 spiro atoms. The third kappa shape index (κ3) is 3.38. The van der Waals surface area contributed by atoms with Crippen LogP contribution in [0.1, 0.15) is 19.7 Å². The van der Waals surface area contributed by atoms with Crippen LogP contribution >= 0.6 is 0 Å². The number of H-pyrrole nitrogens is 1. The maximum Gasteiger partial charge on any atom is 0.168 e. The molecule has 0 aliphatic rings. The smallest absolute Gasteiger partial charge is 0.168 e. The molecule has 1 aromatic heterocycles. The Labute approximate surface area is 111 Å². The SMILES string of the molecule is CC(C)NCCc1ncc(-c2cccc(F)c2F)[nH]1. The van der Waals surface area contributed by atoms with Gasteiger partial charge in [-0.1, -0.05) is 19.9 Å². The number of benzene rings is 1. The lowest BCUT2D eigenvalue weighted by atomic mass is 10.1. The number of nitrogens with one attached hydrogen (secondary N) is 2. The maximum absolute atomic E-state index is 13.6. The molecule has 0 aliphatic carbocycles. The fraction of sp³-hybridized carbons (Fsp3) is 0.357. The van der Waals surface area contributed by atoms with Gasteiger partial charge in [0.1, 0.15) is 5.82 Å². The summed E-state index contributed by atoms with van der Waals surface area (Å²) < 4.78 is 26.8. The molecule has 0 aliphatic heterocycles. The Hall–Kier alpha value is -1.75. The molecule has 0 unspecified atom stereocenters. The first kappa shape index (κ1) is 13.7. The summed E-state index contributed by atoms with van der Waals surface area (Å²) in [5.74, 6) is -0.944. The standard InChI is InChI=1S/C14H17F2N3/c1-9(2)17-7-6-13-18-8-12(19-13)10-4-3-5-11(15)14(10)16/h3-5,8-9,17H,6-7H2,1-2H3,(H,18,19). The van der Waals surface area contributed by atoms with Gasteiger partial charge in [0, 0.05) is 24.6 Å². The molecule has 102 valence electrons. The highest BCUT2D eigenvalue weighted by atomic mass is 19.2. The molecule has 2 aromatic rings. The molecule has 0 radical (unpaired) electrons. The zero-order chi connectivity index (χ0) is 13.8. The van der Waals surface area contributed by atoms with Crippen molar-refractivity contribution >= 4 is 0 Å². The van der Waals surface area contributed by atoms with Gasteiger partial charge < -0.3 is 10.3 Å². The number of aromatic nitrogens is 2. The highest BCUT2D eigenvalue weighted by Gasteiger charge is 2.11. The molecular weight excluding hydrogens is 248 g/mol. The molecule has 2 rings (SSSR count). The molecule has 0 saturated carbocycles. The molecule has 0 fully saturated rings. The Bertz CT molecular complexity index is 549. The van der Waals surface area contributed by atoms with E-state index in [0.717, 1.165) is 24.9 Å². The quantitative estimate of drug-likeness (QED) is 0.872. The molecule has 0 atom stereocenters. The lowest BCUT2D eigenvalue weighted by Crippen LogP contribution is -2.25. The van der Waals surface area contributed by atoms with Gasteiger partial charge in [0.05, 0.1) is 11.9 Å². The molecule has 3 nitrogen and oxygen atoms in total. The molecule has 0 bridgehead atoms. The van der Waals surface area contributed by atoms with Gasteiger partial charge in [0.25, 0.3) is 0 Å². The average molecular weight is 265 g/mol. The van der Waals surface area contributed by atoms with Crippen LogP contribution < -0.4 is 5.32 Å². The van der Waals surface area contributed by atoms with Gasteiger partial charge in [0.15, 0.2) is 11.6 Å². The van der Waals surface area contributed by atoms with E-state index in [1.165, 1.54) is 18.3 Å². The van der Waals surface area contributed by atoms with Crippen molar-refractivity contribution in [2.75, 3.05) is 6.54 Å². The van der Waals surface area contributed by atoms with E-state index in [9.17, 15) is 8.78 Å². The Morgan fingerprint density at radius 3 is 2.84 bits per heavy atom. The topological polar surface area (TPSA) is 40.7 Å². The number of halogens is 2. The number of aromatic amines is 1. The van der Waals surface area contributed by atoms with Crippen LogP contribution in [0.3, 0.4) is 0 Å². The van der Waals surface area contributed by atoms with Crippen LogP contribution in [0.15, 0.2) is 24.4 Å². The van der Waals surface area contributed by atoms with Crippen LogP contribution in [0, 0.1) is 11.6 Å². The second-order valence-corrected chi connectivity index (χ2v) is 4.70. The minimum absolute atomic E-state index is 0.204. The summed E-state index contributed by atoms with van der Waals surface area (Å²) in [6, 6.07) is 4.52. The zero-order valence-corrected chi connectivity index (χ0v) is 11.0. The molecule has 5 heteroatoms. The first-order valence-corrected chi connectivity index (χ1v) is 6.29. The normalized spacial score (nSPS) is 11.2. The lowest BCUT2D eigenvalue weighted by molar-refractivity contribution is 0.511. The van der Waals surface area contributed by atoms with Crippen molar-refractivity contribution in [2.45, 2.75) is 26.3 Å². The number of nitrogens with zero attached hydrogens (tertiary/aromatic N) is 1. The highest BCUT2D eigenvalue weighted by molar-refractivity contribution is 5.59. The van der Waals surface area contributed by atoms with Gasteiger partial charge in [-0.05, 0) is 12.1 Å².